The number of ether oxygens (including phenoxy) is 1. The van der Waals surface area contributed by atoms with Gasteiger partial charge in [0.2, 0.25) is 0 Å². The van der Waals surface area contributed by atoms with Crippen LogP contribution in [-0.2, 0) is 16.2 Å². The van der Waals surface area contributed by atoms with Crippen molar-refractivity contribution in [2.45, 2.75) is 181 Å². The van der Waals surface area contributed by atoms with Crippen LogP contribution < -0.4 is 15.4 Å². The fourth-order valence-electron chi connectivity index (χ4n) is 14.9. The van der Waals surface area contributed by atoms with E-state index >= 15 is 0 Å². The lowest BCUT2D eigenvalue weighted by atomic mass is 9.59. The number of benzene rings is 3. The Morgan fingerprint density at radius 3 is 1.98 bits per heavy atom. The van der Waals surface area contributed by atoms with Crippen LogP contribution in [0.3, 0.4) is 0 Å². The quantitative estimate of drug-likeness (QED) is 0.190. The van der Waals surface area contributed by atoms with Crippen LogP contribution >= 0.6 is 23.1 Å². The Bertz CT molecular complexity index is 2650. The van der Waals surface area contributed by atoms with Crippen LogP contribution in [0, 0.1) is 5.92 Å². The molecule has 2 aromatic heterocycles. The highest BCUT2D eigenvalue weighted by Gasteiger charge is 2.57. The molecule has 1 unspecified atom stereocenters. The summed E-state index contributed by atoms with van der Waals surface area (Å²) < 4.78 is 18.0. The van der Waals surface area contributed by atoms with Crippen LogP contribution in [0.2, 0.25) is 0 Å². The van der Waals surface area contributed by atoms with E-state index in [4.69, 9.17) is 13.6 Å². The Hall–Kier alpha value is -3.35. The Labute approximate surface area is 400 Å². The van der Waals surface area contributed by atoms with Gasteiger partial charge in [0, 0.05) is 33.9 Å². The van der Waals surface area contributed by atoms with E-state index in [9.17, 15) is 9.59 Å². The number of likely N-dealkylation sites (tertiary alicyclic amines) is 3. The summed E-state index contributed by atoms with van der Waals surface area (Å²) in [7, 11) is 6.82. The molecule has 6 heterocycles. The second-order valence-corrected chi connectivity index (χ2v) is 24.0. The molecule has 13 rings (SSSR count). The summed E-state index contributed by atoms with van der Waals surface area (Å²) in [6, 6.07) is 21.3. The van der Waals surface area contributed by atoms with Crippen LogP contribution in [0.25, 0.3) is 21.4 Å². The molecule has 0 radical (unpaired) electrons. The standard InChI is InChI=1S/C20H27NOS.C17H22N2O2.C16H19NO2S.C2H6/c1-14-12-20(13-14)22-16-11-15(6-7-17(16)23-20)19-8-4-3-5-18(19)21(2)10-9-19;1-16-7-3-4-8-17(16,9-10-19(16)2)12-5-6-13-14(11-12)21-15(20)18-13;1-17-9-8-16(7-3-2-4-14(16)17)11-5-6-13-12(10-11)19-15(18)20-13;1-2/h6-7,11,14,18H,3-5,8-10,12-13H2,1-2H3;5-6,11H,3-4,7-10H2,1-2H3,(H,18,20);5-6,10,14H,2-4,7-9H2,1H3;1-2H3/t14?,18?,19-,20?;16-,17-;14-,16-;/m000./s1. The molecule has 5 aromatic rings. The first-order valence-electron chi connectivity index (χ1n) is 25.7. The lowest BCUT2D eigenvalue weighted by molar-refractivity contribution is 0.0460. The number of H-pyrrole nitrogens is 1. The van der Waals surface area contributed by atoms with Gasteiger partial charge in [0.05, 0.1) is 15.1 Å². The highest BCUT2D eigenvalue weighted by molar-refractivity contribution is 8.01. The van der Waals surface area contributed by atoms with Crippen molar-refractivity contribution < 1.29 is 13.6 Å². The molecule has 11 heteroatoms. The minimum absolute atomic E-state index is 0.0798. The predicted octanol–water partition coefficient (Wildman–Crippen LogP) is 12.2. The minimum atomic E-state index is -0.366. The van der Waals surface area contributed by atoms with Gasteiger partial charge in [0.15, 0.2) is 10.5 Å². The number of nitrogens with zero attached hydrogens (tertiary/aromatic N) is 3. The van der Waals surface area contributed by atoms with Gasteiger partial charge in [-0.05, 0) is 177 Å². The van der Waals surface area contributed by atoms with E-state index in [1.54, 1.807) is 5.56 Å². The second-order valence-electron chi connectivity index (χ2n) is 21.7. The van der Waals surface area contributed by atoms with Gasteiger partial charge in [-0.2, -0.15) is 0 Å². The summed E-state index contributed by atoms with van der Waals surface area (Å²) in [5.74, 6) is 1.63. The summed E-state index contributed by atoms with van der Waals surface area (Å²) >= 11 is 3.17. The van der Waals surface area contributed by atoms with Gasteiger partial charge in [-0.1, -0.05) is 101 Å². The van der Waals surface area contributed by atoms with Gasteiger partial charge in [-0.15, -0.1) is 0 Å². The number of aromatic amines is 1. The maximum Gasteiger partial charge on any atom is 0.417 e. The number of fused-ring (bicyclic) bond motifs is 6. The van der Waals surface area contributed by atoms with Crippen molar-refractivity contribution in [2.75, 3.05) is 40.8 Å². The molecule has 0 bridgehead atoms. The van der Waals surface area contributed by atoms with Gasteiger partial charge >= 0.3 is 10.7 Å². The number of hydrogen-bond donors (Lipinski definition) is 1. The number of likely N-dealkylation sites (N-methyl/N-ethyl adjacent to an activating group) is 3. The molecule has 66 heavy (non-hydrogen) atoms. The molecule has 8 aliphatic rings. The van der Waals surface area contributed by atoms with Crippen LogP contribution in [0.4, 0.5) is 0 Å². The Kier molecular flexibility index (Phi) is 12.6. The molecule has 4 saturated carbocycles. The van der Waals surface area contributed by atoms with Crippen molar-refractivity contribution in [3.8, 4) is 5.75 Å². The van der Waals surface area contributed by atoms with Gasteiger partial charge in [-0.3, -0.25) is 4.98 Å². The largest absolute Gasteiger partial charge is 0.475 e. The van der Waals surface area contributed by atoms with Crippen molar-refractivity contribution in [1.82, 2.24) is 19.7 Å². The molecule has 0 amide bonds. The van der Waals surface area contributed by atoms with Crippen LogP contribution in [-0.4, -0.2) is 83.0 Å². The first-order chi connectivity index (χ1) is 31.8. The smallest absolute Gasteiger partial charge is 0.417 e. The zero-order valence-electron chi connectivity index (χ0n) is 40.8. The number of hydrogen-bond acceptors (Lipinski definition) is 10. The number of aromatic nitrogens is 1. The van der Waals surface area contributed by atoms with Gasteiger partial charge in [-0.25, -0.2) is 9.59 Å². The van der Waals surface area contributed by atoms with Crippen molar-refractivity contribution >= 4 is 44.5 Å². The number of rotatable bonds is 3. The number of oxazole rings is 1. The number of nitrogens with one attached hydrogen (secondary N) is 1. The third kappa shape index (κ3) is 7.68. The van der Waals surface area contributed by atoms with Crippen LogP contribution in [0.1, 0.15) is 154 Å². The van der Waals surface area contributed by atoms with E-state index in [1.165, 1.54) is 155 Å². The molecule has 3 saturated heterocycles. The van der Waals surface area contributed by atoms with Gasteiger partial charge in [0.1, 0.15) is 11.3 Å². The third-order valence-electron chi connectivity index (χ3n) is 18.4. The van der Waals surface area contributed by atoms with Crippen LogP contribution in [0.15, 0.2) is 77.9 Å². The predicted molar refractivity (Wildman–Crippen MR) is 271 cm³/mol. The Morgan fingerprint density at radius 1 is 0.667 bits per heavy atom. The van der Waals surface area contributed by atoms with Gasteiger partial charge < -0.3 is 28.3 Å². The van der Waals surface area contributed by atoms with E-state index in [-0.39, 0.29) is 32.0 Å². The molecule has 7 fully saturated rings. The van der Waals surface area contributed by atoms with E-state index < -0.39 is 0 Å². The third-order valence-corrected chi connectivity index (χ3v) is 20.6. The fraction of sp³-hybridized carbons (Fsp3) is 0.636. The van der Waals surface area contributed by atoms with E-state index in [0.29, 0.717) is 17.0 Å². The molecule has 6 atom stereocenters. The summed E-state index contributed by atoms with van der Waals surface area (Å²) in [6.45, 7) is 12.3. The average molecular weight is 935 g/mol. The normalized spacial score (nSPS) is 34.7. The first kappa shape index (κ1) is 46.4. The minimum Gasteiger partial charge on any atom is -0.475 e. The summed E-state index contributed by atoms with van der Waals surface area (Å²) in [5, 5.41) is 0. The maximum absolute atomic E-state index is 11.4. The fourth-order valence-corrected chi connectivity index (χ4v) is 17.1. The zero-order chi connectivity index (χ0) is 46.1. The average Bonchev–Trinajstić information content (AvgIpc) is 4.17. The van der Waals surface area contributed by atoms with E-state index in [0.717, 1.165) is 34.3 Å². The molecular weight excluding hydrogens is 861 g/mol. The number of thioether (sulfide) groups is 1. The van der Waals surface area contributed by atoms with Crippen molar-refractivity contribution in [2.24, 2.45) is 5.92 Å². The lowest BCUT2D eigenvalue weighted by Crippen LogP contribution is -2.54. The molecular formula is C55H74N4O5S2. The molecule has 356 valence electrons. The van der Waals surface area contributed by atoms with Crippen molar-refractivity contribution in [3.05, 3.63) is 91.6 Å². The molecule has 4 aliphatic heterocycles. The topological polar surface area (TPSA) is 95.2 Å². The van der Waals surface area contributed by atoms with Crippen molar-refractivity contribution in [3.63, 3.8) is 0 Å². The maximum atomic E-state index is 11.4. The molecule has 3 aromatic carbocycles. The lowest BCUT2D eigenvalue weighted by Gasteiger charge is -2.50. The van der Waals surface area contributed by atoms with Gasteiger partial charge in [0.25, 0.3) is 0 Å². The van der Waals surface area contributed by atoms with Crippen molar-refractivity contribution in [1.29, 1.82) is 0 Å². The molecule has 9 nitrogen and oxygen atoms in total. The highest BCUT2D eigenvalue weighted by Crippen LogP contribution is 2.60. The highest BCUT2D eigenvalue weighted by atomic mass is 32.2. The SMILES string of the molecule is CC.CC1CC2(C1)Oc1cc([C@@]34CCCCC3N(C)CC4)ccc1S2.CN1CC[C@]2(c3ccc4[nH]c(=O)oc4c3)CCCC[C@]12C.CN1CC[C@]2(c3ccc4sc(=O)oc4c3)CCCC[C@H]12. The monoisotopic (exact) mass is 935 g/mol. The summed E-state index contributed by atoms with van der Waals surface area (Å²) in [4.78, 5) is 34.4. The molecule has 1 spiro atoms. The Balaban J connectivity index is 0.000000114. The Morgan fingerprint density at radius 2 is 1.29 bits per heavy atom. The second kappa shape index (κ2) is 17.9. The van der Waals surface area contributed by atoms with E-state index in [1.807, 2.05) is 31.7 Å². The van der Waals surface area contributed by atoms with Crippen LogP contribution in [0.5, 0.6) is 5.75 Å². The molecule has 4 aliphatic carbocycles. The summed E-state index contributed by atoms with van der Waals surface area (Å²) in [5.41, 5.74) is 7.60. The van der Waals surface area contributed by atoms with E-state index in [2.05, 4.69) is 103 Å². The molecule has 1 N–H and O–H groups in total. The summed E-state index contributed by atoms with van der Waals surface area (Å²) in [6.07, 6.45) is 22.0. The first-order valence-corrected chi connectivity index (χ1v) is 27.3. The zero-order valence-corrected chi connectivity index (χ0v) is 42.4.